The molecule has 0 amide bonds. The van der Waals surface area contributed by atoms with Crippen LogP contribution in [0.2, 0.25) is 0 Å². The average molecular weight is 349 g/mol. The minimum Gasteiger partial charge on any atom is -0.507 e. The van der Waals surface area contributed by atoms with Gasteiger partial charge in [-0.15, -0.1) is 0 Å². The molecule has 0 bridgehead atoms. The maximum absolute atomic E-state index is 12.4. The van der Waals surface area contributed by atoms with Crippen molar-refractivity contribution in [1.82, 2.24) is 0 Å². The van der Waals surface area contributed by atoms with E-state index in [1.165, 1.54) is 19.3 Å². The van der Waals surface area contributed by atoms with E-state index >= 15 is 0 Å². The van der Waals surface area contributed by atoms with Gasteiger partial charge < -0.3 is 9.84 Å². The summed E-state index contributed by atoms with van der Waals surface area (Å²) in [7, 11) is 0. The van der Waals surface area contributed by atoms with E-state index in [2.05, 4.69) is 13.8 Å². The molecule has 1 aromatic rings. The van der Waals surface area contributed by atoms with E-state index in [0.717, 1.165) is 29.9 Å². The van der Waals surface area contributed by atoms with Gasteiger partial charge in [0.15, 0.2) is 0 Å². The Morgan fingerprint density at radius 2 is 1.68 bits per heavy atom. The number of ether oxygens (including phenoxy) is 1. The molecule has 142 valence electrons. The van der Waals surface area contributed by atoms with Crippen molar-refractivity contribution in [1.29, 1.82) is 0 Å². The van der Waals surface area contributed by atoms with Crippen molar-refractivity contribution in [3.8, 4) is 11.5 Å². The first-order valence-electron chi connectivity index (χ1n) is 9.58. The lowest BCUT2D eigenvalue weighted by Gasteiger charge is -2.22. The Morgan fingerprint density at radius 3 is 2.24 bits per heavy atom. The first-order valence-corrected chi connectivity index (χ1v) is 9.58. The lowest BCUT2D eigenvalue weighted by Crippen LogP contribution is -2.19. The van der Waals surface area contributed by atoms with Crippen LogP contribution in [0.4, 0.5) is 0 Å². The Labute approximate surface area is 153 Å². The first-order chi connectivity index (χ1) is 11.5. The summed E-state index contributed by atoms with van der Waals surface area (Å²) in [5.74, 6) is 1.26. The van der Waals surface area contributed by atoms with Gasteiger partial charge in [-0.2, -0.15) is 0 Å². The third-order valence-electron chi connectivity index (χ3n) is 4.62. The van der Waals surface area contributed by atoms with Gasteiger partial charge in [-0.05, 0) is 42.4 Å². The van der Waals surface area contributed by atoms with Gasteiger partial charge in [-0.1, -0.05) is 67.2 Å². The smallest absolute Gasteiger partial charge is 0.314 e. The zero-order valence-corrected chi connectivity index (χ0v) is 17.1. The molecule has 0 aliphatic heterocycles. The molecule has 1 aromatic carbocycles. The zero-order chi connectivity index (χ0) is 19.2. The number of aromatic hydroxyl groups is 1. The van der Waals surface area contributed by atoms with E-state index in [-0.39, 0.29) is 23.1 Å². The third kappa shape index (κ3) is 7.09. The molecule has 1 rings (SSSR count). The molecule has 0 saturated carbocycles. The molecule has 0 aliphatic carbocycles. The second-order valence-electron chi connectivity index (χ2n) is 8.74. The van der Waals surface area contributed by atoms with E-state index in [9.17, 15) is 9.90 Å². The second-order valence-corrected chi connectivity index (χ2v) is 8.74. The summed E-state index contributed by atoms with van der Waals surface area (Å²) in [6.07, 6.45) is 5.57. The van der Waals surface area contributed by atoms with Gasteiger partial charge in [0.25, 0.3) is 0 Å². The predicted octanol–water partition coefficient (Wildman–Crippen LogP) is 6.15. The van der Waals surface area contributed by atoms with Crippen LogP contribution in [0.1, 0.15) is 84.8 Å². The highest BCUT2D eigenvalue weighted by Gasteiger charge is 2.22. The van der Waals surface area contributed by atoms with Crippen LogP contribution in [0.25, 0.3) is 0 Å². The van der Waals surface area contributed by atoms with Crippen molar-refractivity contribution in [2.75, 3.05) is 0 Å². The van der Waals surface area contributed by atoms with Crippen LogP contribution in [0, 0.1) is 18.8 Å². The van der Waals surface area contributed by atoms with Crippen molar-refractivity contribution in [2.45, 2.75) is 86.0 Å². The van der Waals surface area contributed by atoms with Gasteiger partial charge >= 0.3 is 5.97 Å². The number of benzene rings is 1. The van der Waals surface area contributed by atoms with E-state index in [1.807, 2.05) is 34.6 Å². The molecule has 0 saturated heterocycles. The number of phenolic OH excluding ortho intramolecular Hbond substituents is 1. The number of hydrogen-bond donors (Lipinski definition) is 1. The molecule has 0 fully saturated rings. The molecule has 0 heterocycles. The van der Waals surface area contributed by atoms with Crippen LogP contribution in [0.3, 0.4) is 0 Å². The summed E-state index contributed by atoms with van der Waals surface area (Å²) in [5, 5.41) is 10.3. The SMILES string of the molecule is Cc1cc(OC(=O)C(C)CCCCCC(C)C)cc(C(C)(C)C)c1O. The summed E-state index contributed by atoms with van der Waals surface area (Å²) in [6.45, 7) is 14.4. The highest BCUT2D eigenvalue weighted by molar-refractivity contribution is 5.75. The number of hydrogen-bond acceptors (Lipinski definition) is 3. The molecule has 0 aromatic heterocycles. The quantitative estimate of drug-likeness (QED) is 0.348. The number of carbonyl (C=O) groups is 1. The Hall–Kier alpha value is -1.51. The monoisotopic (exact) mass is 348 g/mol. The van der Waals surface area contributed by atoms with Gasteiger partial charge in [0.1, 0.15) is 11.5 Å². The highest BCUT2D eigenvalue weighted by Crippen LogP contribution is 2.36. The highest BCUT2D eigenvalue weighted by atomic mass is 16.5. The number of carbonyl (C=O) groups excluding carboxylic acids is 1. The number of phenols is 1. The molecule has 0 radical (unpaired) electrons. The van der Waals surface area contributed by atoms with Crippen molar-refractivity contribution in [3.05, 3.63) is 23.3 Å². The van der Waals surface area contributed by atoms with Crippen LogP contribution in [0.5, 0.6) is 11.5 Å². The average Bonchev–Trinajstić information content (AvgIpc) is 2.48. The molecule has 25 heavy (non-hydrogen) atoms. The Morgan fingerprint density at radius 1 is 1.08 bits per heavy atom. The Bertz CT molecular complexity index is 567. The summed E-state index contributed by atoms with van der Waals surface area (Å²) in [6, 6.07) is 3.52. The number of aryl methyl sites for hydroxylation is 1. The predicted molar refractivity (Wildman–Crippen MR) is 104 cm³/mol. The van der Waals surface area contributed by atoms with Crippen LogP contribution in [-0.4, -0.2) is 11.1 Å². The Kier molecular flexibility index (Phi) is 7.98. The molecular formula is C22H36O3. The molecule has 1 N–H and O–H groups in total. The number of unbranched alkanes of at least 4 members (excludes halogenated alkanes) is 2. The van der Waals surface area contributed by atoms with Gasteiger partial charge in [0, 0.05) is 5.56 Å². The molecule has 3 nitrogen and oxygen atoms in total. The lowest BCUT2D eigenvalue weighted by atomic mass is 9.85. The maximum atomic E-state index is 12.4. The minimum atomic E-state index is -0.209. The maximum Gasteiger partial charge on any atom is 0.314 e. The fourth-order valence-corrected chi connectivity index (χ4v) is 2.89. The van der Waals surface area contributed by atoms with E-state index < -0.39 is 0 Å². The van der Waals surface area contributed by atoms with Crippen LogP contribution in [-0.2, 0) is 10.2 Å². The first kappa shape index (κ1) is 21.5. The summed E-state index contributed by atoms with van der Waals surface area (Å²) in [4.78, 5) is 12.4. The zero-order valence-electron chi connectivity index (χ0n) is 17.1. The third-order valence-corrected chi connectivity index (χ3v) is 4.62. The number of rotatable bonds is 8. The molecule has 1 unspecified atom stereocenters. The van der Waals surface area contributed by atoms with Gasteiger partial charge in [0.05, 0.1) is 5.92 Å². The molecule has 1 atom stereocenters. The van der Waals surface area contributed by atoms with Crippen LogP contribution >= 0.6 is 0 Å². The largest absolute Gasteiger partial charge is 0.507 e. The fraction of sp³-hybridized carbons (Fsp3) is 0.682. The molecule has 0 spiro atoms. The van der Waals surface area contributed by atoms with Crippen molar-refractivity contribution in [2.24, 2.45) is 11.8 Å². The summed E-state index contributed by atoms with van der Waals surface area (Å²) in [5.41, 5.74) is 1.33. The number of esters is 1. The lowest BCUT2D eigenvalue weighted by molar-refractivity contribution is -0.138. The molecular weight excluding hydrogens is 312 g/mol. The van der Waals surface area contributed by atoms with Crippen molar-refractivity contribution < 1.29 is 14.6 Å². The van der Waals surface area contributed by atoms with Gasteiger partial charge in [0.2, 0.25) is 0 Å². The fourth-order valence-electron chi connectivity index (χ4n) is 2.89. The van der Waals surface area contributed by atoms with Crippen LogP contribution < -0.4 is 4.74 Å². The Balaban J connectivity index is 2.63. The molecule has 0 aliphatic rings. The standard InChI is InChI=1S/C22H36O3/c1-15(2)11-9-8-10-12-16(3)21(24)25-18-13-17(4)20(23)19(14-18)22(5,6)7/h13-16,23H,8-12H2,1-7H3. The normalized spacial score (nSPS) is 13.1. The van der Waals surface area contributed by atoms with Crippen molar-refractivity contribution >= 4 is 5.97 Å². The van der Waals surface area contributed by atoms with E-state index in [1.54, 1.807) is 12.1 Å². The van der Waals surface area contributed by atoms with E-state index in [4.69, 9.17) is 4.74 Å². The topological polar surface area (TPSA) is 46.5 Å². The van der Waals surface area contributed by atoms with Gasteiger partial charge in [-0.3, -0.25) is 4.79 Å². The second kappa shape index (κ2) is 9.26. The molecule has 3 heteroatoms. The summed E-state index contributed by atoms with van der Waals surface area (Å²) < 4.78 is 5.59. The van der Waals surface area contributed by atoms with Crippen molar-refractivity contribution in [3.63, 3.8) is 0 Å². The minimum absolute atomic E-state index is 0.105. The van der Waals surface area contributed by atoms with Gasteiger partial charge in [-0.25, -0.2) is 0 Å². The van der Waals surface area contributed by atoms with E-state index in [0.29, 0.717) is 5.75 Å². The van der Waals surface area contributed by atoms with Crippen LogP contribution in [0.15, 0.2) is 12.1 Å². The summed E-state index contributed by atoms with van der Waals surface area (Å²) >= 11 is 0.